The smallest absolute Gasteiger partial charge is 0.0618 e. The normalized spacial score (nSPS) is 31.1. The van der Waals surface area contributed by atoms with Crippen LogP contribution in [0.1, 0.15) is 63.0 Å². The molecule has 2 saturated carbocycles. The zero-order chi connectivity index (χ0) is 13.6. The van der Waals surface area contributed by atoms with Gasteiger partial charge in [-0.15, -0.1) is 11.6 Å². The summed E-state index contributed by atoms with van der Waals surface area (Å²) in [5.74, 6) is 2.64. The van der Waals surface area contributed by atoms with E-state index >= 15 is 0 Å². The van der Waals surface area contributed by atoms with Gasteiger partial charge < -0.3 is 0 Å². The molecule has 0 radical (unpaired) electrons. The Labute approximate surface area is 122 Å². The van der Waals surface area contributed by atoms with Crippen molar-refractivity contribution in [1.82, 2.24) is 0 Å². The number of rotatable bonds is 4. The van der Waals surface area contributed by atoms with Crippen LogP contribution in [0.2, 0.25) is 0 Å². The molecular formula is C18H25Cl. The molecule has 0 spiro atoms. The van der Waals surface area contributed by atoms with Crippen molar-refractivity contribution in [1.29, 1.82) is 0 Å². The van der Waals surface area contributed by atoms with Crippen molar-refractivity contribution < 1.29 is 0 Å². The summed E-state index contributed by atoms with van der Waals surface area (Å²) in [5.41, 5.74) is 3.03. The van der Waals surface area contributed by atoms with Gasteiger partial charge in [-0.2, -0.15) is 0 Å². The van der Waals surface area contributed by atoms with Gasteiger partial charge in [-0.25, -0.2) is 0 Å². The Morgan fingerprint density at radius 2 is 1.74 bits per heavy atom. The van der Waals surface area contributed by atoms with Crippen LogP contribution in [0.5, 0.6) is 0 Å². The van der Waals surface area contributed by atoms with Crippen molar-refractivity contribution in [3.05, 3.63) is 35.4 Å². The zero-order valence-corrected chi connectivity index (χ0v) is 13.1. The highest BCUT2D eigenvalue weighted by atomic mass is 35.5. The molecule has 3 unspecified atom stereocenters. The van der Waals surface area contributed by atoms with Crippen LogP contribution in [0.3, 0.4) is 0 Å². The molecule has 0 nitrogen and oxygen atoms in total. The largest absolute Gasteiger partial charge is 0.117 e. The van der Waals surface area contributed by atoms with Gasteiger partial charge in [-0.1, -0.05) is 51.5 Å². The zero-order valence-electron chi connectivity index (χ0n) is 12.3. The monoisotopic (exact) mass is 276 g/mol. The lowest BCUT2D eigenvalue weighted by Crippen LogP contribution is -2.15. The van der Waals surface area contributed by atoms with Crippen molar-refractivity contribution in [2.75, 3.05) is 0 Å². The fourth-order valence-corrected chi connectivity index (χ4v) is 4.37. The number of halogens is 1. The van der Waals surface area contributed by atoms with Crippen molar-refractivity contribution >= 4 is 11.6 Å². The molecule has 0 amide bonds. The van der Waals surface area contributed by atoms with E-state index in [1.165, 1.54) is 36.8 Å². The Hall–Kier alpha value is -0.490. The number of benzene rings is 1. The quantitative estimate of drug-likeness (QED) is 0.619. The molecule has 0 bridgehead atoms. The highest BCUT2D eigenvalue weighted by Crippen LogP contribution is 2.63. The first-order valence-corrected chi connectivity index (χ1v) is 8.23. The lowest BCUT2D eigenvalue weighted by atomic mass is 9.82. The third-order valence-electron chi connectivity index (χ3n) is 5.71. The molecule has 3 rings (SSSR count). The van der Waals surface area contributed by atoms with E-state index in [1.807, 2.05) is 0 Å². The van der Waals surface area contributed by atoms with Gasteiger partial charge in [0.1, 0.15) is 0 Å². The molecule has 0 aliphatic heterocycles. The summed E-state index contributed by atoms with van der Waals surface area (Å²) in [6.07, 6.45) is 5.43. The number of fused-ring (bicyclic) bond motifs is 1. The van der Waals surface area contributed by atoms with E-state index in [4.69, 9.17) is 11.6 Å². The van der Waals surface area contributed by atoms with Crippen LogP contribution >= 0.6 is 11.6 Å². The summed E-state index contributed by atoms with van der Waals surface area (Å²) >= 11 is 6.71. The number of hydrogen-bond donors (Lipinski definition) is 0. The van der Waals surface area contributed by atoms with Crippen molar-refractivity contribution in [3.63, 3.8) is 0 Å². The van der Waals surface area contributed by atoms with Crippen LogP contribution in [0, 0.1) is 17.8 Å². The van der Waals surface area contributed by atoms with Gasteiger partial charge in [0.25, 0.3) is 0 Å². The van der Waals surface area contributed by atoms with Crippen LogP contribution in [0.15, 0.2) is 24.3 Å². The molecule has 2 fully saturated rings. The maximum atomic E-state index is 6.71. The second kappa shape index (κ2) is 4.81. The van der Waals surface area contributed by atoms with E-state index in [0.29, 0.717) is 0 Å². The second-order valence-corrected chi connectivity index (χ2v) is 7.57. The summed E-state index contributed by atoms with van der Waals surface area (Å²) in [7, 11) is 0. The topological polar surface area (TPSA) is 0 Å². The third-order valence-corrected chi connectivity index (χ3v) is 6.25. The van der Waals surface area contributed by atoms with Gasteiger partial charge in [0, 0.05) is 0 Å². The van der Waals surface area contributed by atoms with Crippen molar-refractivity contribution in [2.45, 2.75) is 57.2 Å². The molecule has 19 heavy (non-hydrogen) atoms. The van der Waals surface area contributed by atoms with Gasteiger partial charge in [0.15, 0.2) is 0 Å². The summed E-state index contributed by atoms with van der Waals surface area (Å²) in [6.45, 7) is 6.88. The fourth-order valence-electron chi connectivity index (χ4n) is 3.86. The molecule has 1 aromatic carbocycles. The van der Waals surface area contributed by atoms with Crippen LogP contribution in [-0.4, -0.2) is 0 Å². The van der Waals surface area contributed by atoms with Crippen molar-refractivity contribution in [3.8, 4) is 0 Å². The molecule has 0 aromatic heterocycles. The van der Waals surface area contributed by atoms with E-state index in [0.717, 1.165) is 17.8 Å². The average molecular weight is 277 g/mol. The molecule has 0 saturated heterocycles. The predicted octanol–water partition coefficient (Wildman–Crippen LogP) is 5.70. The van der Waals surface area contributed by atoms with Crippen molar-refractivity contribution in [2.24, 2.45) is 17.8 Å². The Bertz CT molecular complexity index is 435. The fraction of sp³-hybridized carbons (Fsp3) is 0.667. The Kier molecular flexibility index (Phi) is 3.41. The standard InChI is InChI=1S/C18H25Cl/c1-4-18(2,3)13-10-8-12(9-11-13)17(19)16-14-6-5-7-15(14)16/h8-11,14-17H,4-7H2,1-3H3. The molecule has 2 aliphatic carbocycles. The minimum atomic E-state index is 0.245. The van der Waals surface area contributed by atoms with Crippen LogP contribution in [-0.2, 0) is 5.41 Å². The van der Waals surface area contributed by atoms with E-state index in [9.17, 15) is 0 Å². The predicted molar refractivity (Wildman–Crippen MR) is 82.7 cm³/mol. The minimum Gasteiger partial charge on any atom is -0.117 e. The Balaban J connectivity index is 1.72. The summed E-state index contributed by atoms with van der Waals surface area (Å²) in [4.78, 5) is 0. The lowest BCUT2D eigenvalue weighted by molar-refractivity contribution is 0.505. The maximum Gasteiger partial charge on any atom is 0.0618 e. The number of alkyl halides is 1. The van der Waals surface area contributed by atoms with Gasteiger partial charge in [-0.05, 0) is 53.6 Å². The average Bonchev–Trinajstić information content (AvgIpc) is 2.90. The summed E-state index contributed by atoms with van der Waals surface area (Å²) < 4.78 is 0. The first kappa shape index (κ1) is 13.5. The highest BCUT2D eigenvalue weighted by Gasteiger charge is 2.55. The molecular weight excluding hydrogens is 252 g/mol. The van der Waals surface area contributed by atoms with Gasteiger partial charge in [0.2, 0.25) is 0 Å². The summed E-state index contributed by atoms with van der Waals surface area (Å²) in [6, 6.07) is 9.09. The van der Waals surface area contributed by atoms with E-state index in [-0.39, 0.29) is 10.8 Å². The van der Waals surface area contributed by atoms with Crippen LogP contribution in [0.25, 0.3) is 0 Å². The van der Waals surface area contributed by atoms with Gasteiger partial charge in [0.05, 0.1) is 5.38 Å². The molecule has 2 aliphatic rings. The number of hydrogen-bond acceptors (Lipinski definition) is 0. The van der Waals surface area contributed by atoms with Gasteiger partial charge >= 0.3 is 0 Å². The molecule has 3 atom stereocenters. The van der Waals surface area contributed by atoms with E-state index < -0.39 is 0 Å². The van der Waals surface area contributed by atoms with Gasteiger partial charge in [-0.3, -0.25) is 0 Å². The second-order valence-electron chi connectivity index (χ2n) is 7.10. The van der Waals surface area contributed by atoms with Crippen LogP contribution in [0.4, 0.5) is 0 Å². The SMILES string of the molecule is CCC(C)(C)c1ccc(C(Cl)C2C3CCCC32)cc1. The Morgan fingerprint density at radius 3 is 2.26 bits per heavy atom. The molecule has 1 heteroatoms. The lowest BCUT2D eigenvalue weighted by Gasteiger charge is -2.24. The first-order chi connectivity index (χ1) is 9.04. The highest BCUT2D eigenvalue weighted by molar-refractivity contribution is 6.21. The molecule has 1 aromatic rings. The molecule has 0 heterocycles. The van der Waals surface area contributed by atoms with E-state index in [2.05, 4.69) is 45.0 Å². The van der Waals surface area contributed by atoms with E-state index in [1.54, 1.807) is 0 Å². The van der Waals surface area contributed by atoms with Crippen LogP contribution < -0.4 is 0 Å². The first-order valence-electron chi connectivity index (χ1n) is 7.79. The Morgan fingerprint density at radius 1 is 1.16 bits per heavy atom. The maximum absolute atomic E-state index is 6.71. The molecule has 104 valence electrons. The molecule has 0 N–H and O–H groups in total. The minimum absolute atomic E-state index is 0.245. The third kappa shape index (κ3) is 2.33. The summed E-state index contributed by atoms with van der Waals surface area (Å²) in [5, 5.41) is 0.245.